The highest BCUT2D eigenvalue weighted by Gasteiger charge is 2.34. The first-order valence-electron chi connectivity index (χ1n) is 6.81. The van der Waals surface area contributed by atoms with Crippen LogP contribution >= 0.6 is 0 Å². The van der Waals surface area contributed by atoms with Crippen LogP contribution in [0.3, 0.4) is 0 Å². The lowest BCUT2D eigenvalue weighted by Crippen LogP contribution is -2.39. The molecular formula is C14H18N4. The fourth-order valence-electron chi connectivity index (χ4n) is 3.44. The average Bonchev–Trinajstić information content (AvgIpc) is 3.01. The SMILES string of the molecule is c1cc(NC2CCN3CCC2C3)c2cn[nH]c2c1. The molecule has 2 bridgehead atoms. The highest BCUT2D eigenvalue weighted by Crippen LogP contribution is 2.31. The van der Waals surface area contributed by atoms with Crippen molar-refractivity contribution in [1.82, 2.24) is 15.1 Å². The summed E-state index contributed by atoms with van der Waals surface area (Å²) in [5, 5.41) is 12.1. The van der Waals surface area contributed by atoms with Crippen LogP contribution in [0.2, 0.25) is 0 Å². The Balaban J connectivity index is 1.62. The molecule has 0 radical (unpaired) electrons. The number of aromatic nitrogens is 2. The first-order chi connectivity index (χ1) is 8.90. The van der Waals surface area contributed by atoms with E-state index in [0.29, 0.717) is 6.04 Å². The fourth-order valence-corrected chi connectivity index (χ4v) is 3.44. The maximum absolute atomic E-state index is 4.13. The van der Waals surface area contributed by atoms with Gasteiger partial charge in [-0.2, -0.15) is 5.10 Å². The molecule has 0 spiro atoms. The summed E-state index contributed by atoms with van der Waals surface area (Å²) < 4.78 is 0. The van der Waals surface area contributed by atoms with Crippen molar-refractivity contribution in [3.05, 3.63) is 24.4 Å². The summed E-state index contributed by atoms with van der Waals surface area (Å²) in [6.45, 7) is 3.81. The Hall–Kier alpha value is -1.55. The van der Waals surface area contributed by atoms with E-state index in [2.05, 4.69) is 38.6 Å². The van der Waals surface area contributed by atoms with Gasteiger partial charge in [0.05, 0.1) is 11.7 Å². The number of nitrogens with one attached hydrogen (secondary N) is 2. The number of H-pyrrole nitrogens is 1. The van der Waals surface area contributed by atoms with Gasteiger partial charge < -0.3 is 10.2 Å². The quantitative estimate of drug-likeness (QED) is 0.847. The molecule has 0 saturated carbocycles. The number of fused-ring (bicyclic) bond motifs is 3. The molecule has 4 rings (SSSR count). The van der Waals surface area contributed by atoms with E-state index in [0.717, 1.165) is 11.4 Å². The number of hydrogen-bond donors (Lipinski definition) is 2. The van der Waals surface area contributed by atoms with Gasteiger partial charge in [-0.1, -0.05) is 6.07 Å². The molecule has 94 valence electrons. The number of benzene rings is 1. The van der Waals surface area contributed by atoms with E-state index in [1.165, 1.54) is 43.5 Å². The third kappa shape index (κ3) is 1.60. The Kier molecular flexibility index (Phi) is 2.30. The van der Waals surface area contributed by atoms with Crippen LogP contribution in [0.5, 0.6) is 0 Å². The van der Waals surface area contributed by atoms with E-state index in [9.17, 15) is 0 Å². The lowest BCUT2D eigenvalue weighted by molar-refractivity contribution is 0.255. The largest absolute Gasteiger partial charge is 0.381 e. The molecule has 3 heterocycles. The monoisotopic (exact) mass is 242 g/mol. The van der Waals surface area contributed by atoms with E-state index in [-0.39, 0.29) is 0 Å². The van der Waals surface area contributed by atoms with Gasteiger partial charge in [-0.3, -0.25) is 5.10 Å². The van der Waals surface area contributed by atoms with Crippen molar-refractivity contribution in [2.45, 2.75) is 18.9 Å². The number of aromatic amines is 1. The lowest BCUT2D eigenvalue weighted by Gasteiger charge is -2.31. The van der Waals surface area contributed by atoms with Crippen molar-refractivity contribution in [2.24, 2.45) is 5.92 Å². The summed E-state index contributed by atoms with van der Waals surface area (Å²) in [5.41, 5.74) is 2.34. The average molecular weight is 242 g/mol. The standard InChI is InChI=1S/C14H18N4/c1-2-13(11-8-15-17-14(11)3-1)16-12-5-7-18-6-4-10(12)9-18/h1-3,8,10,12,16H,4-7,9H2,(H,15,17). The van der Waals surface area contributed by atoms with Crippen molar-refractivity contribution >= 4 is 16.6 Å². The second-order valence-electron chi connectivity index (χ2n) is 5.53. The van der Waals surface area contributed by atoms with Gasteiger partial charge in [0, 0.05) is 30.2 Å². The zero-order chi connectivity index (χ0) is 11.9. The van der Waals surface area contributed by atoms with Gasteiger partial charge >= 0.3 is 0 Å². The number of rotatable bonds is 2. The number of hydrogen-bond acceptors (Lipinski definition) is 3. The van der Waals surface area contributed by atoms with E-state index < -0.39 is 0 Å². The second kappa shape index (κ2) is 3.99. The minimum absolute atomic E-state index is 0.629. The van der Waals surface area contributed by atoms with Gasteiger partial charge in [0.1, 0.15) is 0 Å². The van der Waals surface area contributed by atoms with E-state index in [1.807, 2.05) is 6.20 Å². The van der Waals surface area contributed by atoms with Crippen molar-refractivity contribution < 1.29 is 0 Å². The minimum atomic E-state index is 0.629. The maximum atomic E-state index is 4.13. The van der Waals surface area contributed by atoms with Gasteiger partial charge in [-0.05, 0) is 37.4 Å². The summed E-state index contributed by atoms with van der Waals surface area (Å²) in [5.74, 6) is 0.820. The first-order valence-corrected chi connectivity index (χ1v) is 6.81. The molecule has 2 aliphatic heterocycles. The first kappa shape index (κ1) is 10.4. The van der Waals surface area contributed by atoms with Gasteiger partial charge in [-0.15, -0.1) is 0 Å². The Morgan fingerprint density at radius 2 is 2.22 bits per heavy atom. The number of nitrogens with zero attached hydrogens (tertiary/aromatic N) is 2. The molecule has 18 heavy (non-hydrogen) atoms. The van der Waals surface area contributed by atoms with Crippen molar-refractivity contribution in [3.63, 3.8) is 0 Å². The summed E-state index contributed by atoms with van der Waals surface area (Å²) in [4.78, 5) is 2.58. The third-order valence-corrected chi connectivity index (χ3v) is 4.46. The molecule has 2 aliphatic rings. The number of piperidine rings is 1. The molecule has 2 N–H and O–H groups in total. The van der Waals surface area contributed by atoms with Crippen LogP contribution < -0.4 is 5.32 Å². The van der Waals surface area contributed by atoms with Gasteiger partial charge in [-0.25, -0.2) is 0 Å². The molecule has 0 aliphatic carbocycles. The highest BCUT2D eigenvalue weighted by molar-refractivity contribution is 5.90. The Bertz CT molecular complexity index is 562. The van der Waals surface area contributed by atoms with Crippen molar-refractivity contribution in [3.8, 4) is 0 Å². The molecule has 4 heteroatoms. The molecule has 0 amide bonds. The lowest BCUT2D eigenvalue weighted by atomic mass is 9.94. The van der Waals surface area contributed by atoms with Crippen LogP contribution in [-0.2, 0) is 0 Å². The zero-order valence-electron chi connectivity index (χ0n) is 10.4. The molecule has 1 aromatic heterocycles. The van der Waals surface area contributed by atoms with Crippen molar-refractivity contribution in [1.29, 1.82) is 0 Å². The van der Waals surface area contributed by atoms with Crippen LogP contribution in [0.1, 0.15) is 12.8 Å². The molecule has 4 nitrogen and oxygen atoms in total. The Labute approximate surface area is 106 Å². The smallest absolute Gasteiger partial charge is 0.0671 e. The number of anilines is 1. The molecule has 3 atom stereocenters. The van der Waals surface area contributed by atoms with Crippen LogP contribution in [0, 0.1) is 5.92 Å². The Morgan fingerprint density at radius 3 is 3.22 bits per heavy atom. The van der Waals surface area contributed by atoms with Crippen LogP contribution in [0.25, 0.3) is 10.9 Å². The molecule has 3 unspecified atom stereocenters. The van der Waals surface area contributed by atoms with E-state index in [4.69, 9.17) is 0 Å². The maximum Gasteiger partial charge on any atom is 0.0671 e. The topological polar surface area (TPSA) is 44.0 Å². The Morgan fingerprint density at radius 1 is 1.28 bits per heavy atom. The highest BCUT2D eigenvalue weighted by atomic mass is 15.2. The zero-order valence-corrected chi connectivity index (χ0v) is 10.4. The normalized spacial score (nSPS) is 30.8. The van der Waals surface area contributed by atoms with E-state index >= 15 is 0 Å². The summed E-state index contributed by atoms with van der Waals surface area (Å²) in [7, 11) is 0. The molecule has 1 aromatic carbocycles. The summed E-state index contributed by atoms with van der Waals surface area (Å²) in [6.07, 6.45) is 4.53. The van der Waals surface area contributed by atoms with Crippen molar-refractivity contribution in [2.75, 3.05) is 25.0 Å². The molecular weight excluding hydrogens is 224 g/mol. The molecule has 2 fully saturated rings. The van der Waals surface area contributed by atoms with Crippen LogP contribution in [0.4, 0.5) is 5.69 Å². The summed E-state index contributed by atoms with van der Waals surface area (Å²) in [6, 6.07) is 6.96. The molecule has 2 aromatic rings. The predicted molar refractivity (Wildman–Crippen MR) is 72.7 cm³/mol. The molecule has 2 saturated heterocycles. The van der Waals surface area contributed by atoms with E-state index in [1.54, 1.807) is 0 Å². The third-order valence-electron chi connectivity index (χ3n) is 4.46. The van der Waals surface area contributed by atoms with Crippen LogP contribution in [0.15, 0.2) is 24.4 Å². The fraction of sp³-hybridized carbons (Fsp3) is 0.500. The van der Waals surface area contributed by atoms with Gasteiger partial charge in [0.2, 0.25) is 0 Å². The van der Waals surface area contributed by atoms with Gasteiger partial charge in [0.25, 0.3) is 0 Å². The summed E-state index contributed by atoms with van der Waals surface area (Å²) >= 11 is 0. The van der Waals surface area contributed by atoms with Crippen LogP contribution in [-0.4, -0.2) is 40.8 Å². The second-order valence-corrected chi connectivity index (χ2v) is 5.53. The minimum Gasteiger partial charge on any atom is -0.381 e. The van der Waals surface area contributed by atoms with Gasteiger partial charge in [0.15, 0.2) is 0 Å². The predicted octanol–water partition coefficient (Wildman–Crippen LogP) is 2.07.